The van der Waals surface area contributed by atoms with Crippen molar-refractivity contribution < 1.29 is 9.53 Å². The lowest BCUT2D eigenvalue weighted by atomic mass is 9.83. The van der Waals surface area contributed by atoms with Crippen molar-refractivity contribution in [1.82, 2.24) is 5.32 Å². The number of amides is 1. The molecule has 1 N–H and O–H groups in total. The van der Waals surface area contributed by atoms with Crippen LogP contribution in [0.15, 0.2) is 30.3 Å². The zero-order chi connectivity index (χ0) is 11.2. The third kappa shape index (κ3) is 3.26. The SMILES string of the molecule is O=C(NCCC1CCC1)Oc1ccccc1. The molecular formula is C13H17NO2. The Hall–Kier alpha value is -1.51. The van der Waals surface area contributed by atoms with Crippen LogP contribution in [0.3, 0.4) is 0 Å². The van der Waals surface area contributed by atoms with E-state index in [1.165, 1.54) is 19.3 Å². The third-order valence-electron chi connectivity index (χ3n) is 3.00. The highest BCUT2D eigenvalue weighted by molar-refractivity contribution is 5.70. The summed E-state index contributed by atoms with van der Waals surface area (Å²) < 4.78 is 5.10. The van der Waals surface area contributed by atoms with Crippen molar-refractivity contribution >= 4 is 6.09 Å². The van der Waals surface area contributed by atoms with Crippen molar-refractivity contribution in [3.63, 3.8) is 0 Å². The van der Waals surface area contributed by atoms with Crippen LogP contribution < -0.4 is 10.1 Å². The van der Waals surface area contributed by atoms with Crippen LogP contribution in [-0.4, -0.2) is 12.6 Å². The molecule has 0 unspecified atom stereocenters. The smallest absolute Gasteiger partial charge is 0.410 e. The van der Waals surface area contributed by atoms with Crippen molar-refractivity contribution in [3.8, 4) is 5.75 Å². The standard InChI is InChI=1S/C13H17NO2/c15-13(14-10-9-11-5-4-6-11)16-12-7-2-1-3-8-12/h1-3,7-8,11H,4-6,9-10H2,(H,14,15). The van der Waals surface area contributed by atoms with Gasteiger partial charge in [0.05, 0.1) is 0 Å². The van der Waals surface area contributed by atoms with Gasteiger partial charge in [-0.05, 0) is 24.5 Å². The second-order valence-corrected chi connectivity index (χ2v) is 4.21. The van der Waals surface area contributed by atoms with Gasteiger partial charge in [0.1, 0.15) is 5.75 Å². The predicted octanol–water partition coefficient (Wildman–Crippen LogP) is 2.97. The van der Waals surface area contributed by atoms with E-state index in [-0.39, 0.29) is 6.09 Å². The van der Waals surface area contributed by atoms with Crippen LogP contribution in [0.5, 0.6) is 5.75 Å². The van der Waals surface area contributed by atoms with E-state index in [0.717, 1.165) is 18.9 Å². The zero-order valence-corrected chi connectivity index (χ0v) is 9.32. The summed E-state index contributed by atoms with van der Waals surface area (Å²) >= 11 is 0. The maximum Gasteiger partial charge on any atom is 0.412 e. The molecule has 1 aromatic carbocycles. The molecule has 0 heterocycles. The molecule has 1 fully saturated rings. The molecule has 1 aliphatic carbocycles. The van der Waals surface area contributed by atoms with Gasteiger partial charge in [-0.25, -0.2) is 4.79 Å². The average molecular weight is 219 g/mol. The first kappa shape index (κ1) is 11.0. The normalized spacial score (nSPS) is 15.2. The molecule has 3 heteroatoms. The molecule has 1 aliphatic rings. The predicted molar refractivity (Wildman–Crippen MR) is 62.4 cm³/mol. The van der Waals surface area contributed by atoms with Gasteiger partial charge in [-0.3, -0.25) is 0 Å². The number of ether oxygens (including phenoxy) is 1. The second kappa shape index (κ2) is 5.54. The summed E-state index contributed by atoms with van der Waals surface area (Å²) in [5.41, 5.74) is 0. The van der Waals surface area contributed by atoms with Crippen molar-refractivity contribution in [3.05, 3.63) is 30.3 Å². The van der Waals surface area contributed by atoms with Crippen LogP contribution in [0.1, 0.15) is 25.7 Å². The fourth-order valence-corrected chi connectivity index (χ4v) is 1.79. The highest BCUT2D eigenvalue weighted by atomic mass is 16.5. The molecule has 0 saturated heterocycles. The fraction of sp³-hybridized carbons (Fsp3) is 0.462. The second-order valence-electron chi connectivity index (χ2n) is 4.21. The molecule has 0 spiro atoms. The molecule has 86 valence electrons. The topological polar surface area (TPSA) is 38.3 Å². The van der Waals surface area contributed by atoms with E-state index >= 15 is 0 Å². The molecule has 0 aromatic heterocycles. The van der Waals surface area contributed by atoms with E-state index in [1.807, 2.05) is 18.2 Å². The third-order valence-corrected chi connectivity index (χ3v) is 3.00. The van der Waals surface area contributed by atoms with E-state index in [2.05, 4.69) is 5.32 Å². The molecule has 2 rings (SSSR count). The van der Waals surface area contributed by atoms with Gasteiger partial charge in [-0.15, -0.1) is 0 Å². The quantitative estimate of drug-likeness (QED) is 0.845. The summed E-state index contributed by atoms with van der Waals surface area (Å²) in [5.74, 6) is 1.40. The summed E-state index contributed by atoms with van der Waals surface area (Å²) in [5, 5.41) is 2.77. The van der Waals surface area contributed by atoms with E-state index in [0.29, 0.717) is 5.75 Å². The van der Waals surface area contributed by atoms with Crippen LogP contribution in [0.4, 0.5) is 4.79 Å². The Morgan fingerprint density at radius 2 is 2.06 bits per heavy atom. The minimum Gasteiger partial charge on any atom is -0.410 e. The maximum absolute atomic E-state index is 11.4. The van der Waals surface area contributed by atoms with Crippen LogP contribution in [0.2, 0.25) is 0 Å². The first-order valence-electron chi connectivity index (χ1n) is 5.85. The number of benzene rings is 1. The van der Waals surface area contributed by atoms with Crippen LogP contribution in [-0.2, 0) is 0 Å². The van der Waals surface area contributed by atoms with Gasteiger partial charge in [0.2, 0.25) is 0 Å². The largest absolute Gasteiger partial charge is 0.412 e. The Labute approximate surface area is 95.8 Å². The summed E-state index contributed by atoms with van der Waals surface area (Å²) in [7, 11) is 0. The van der Waals surface area contributed by atoms with Crippen molar-refractivity contribution in [2.24, 2.45) is 5.92 Å². The van der Waals surface area contributed by atoms with Gasteiger partial charge < -0.3 is 10.1 Å². The zero-order valence-electron chi connectivity index (χ0n) is 9.32. The Morgan fingerprint density at radius 1 is 1.31 bits per heavy atom. The number of para-hydroxylation sites is 1. The number of hydrogen-bond acceptors (Lipinski definition) is 2. The van der Waals surface area contributed by atoms with Crippen LogP contribution >= 0.6 is 0 Å². The summed E-state index contributed by atoms with van der Waals surface area (Å²) in [6.45, 7) is 0.719. The van der Waals surface area contributed by atoms with E-state index in [4.69, 9.17) is 4.74 Å². The minimum atomic E-state index is -0.356. The fourth-order valence-electron chi connectivity index (χ4n) is 1.79. The maximum atomic E-state index is 11.4. The Bertz CT molecular complexity index is 333. The summed E-state index contributed by atoms with van der Waals surface area (Å²) in [6.07, 6.45) is 4.69. The van der Waals surface area contributed by atoms with E-state index in [9.17, 15) is 4.79 Å². The first-order chi connectivity index (χ1) is 7.84. The number of carbonyl (C=O) groups is 1. The van der Waals surface area contributed by atoms with Gasteiger partial charge in [-0.2, -0.15) is 0 Å². The van der Waals surface area contributed by atoms with E-state index in [1.54, 1.807) is 12.1 Å². The van der Waals surface area contributed by atoms with Crippen molar-refractivity contribution in [2.45, 2.75) is 25.7 Å². The lowest BCUT2D eigenvalue weighted by Gasteiger charge is -2.24. The monoisotopic (exact) mass is 219 g/mol. The number of rotatable bonds is 4. The first-order valence-corrected chi connectivity index (χ1v) is 5.85. The van der Waals surface area contributed by atoms with Crippen molar-refractivity contribution in [1.29, 1.82) is 0 Å². The molecule has 0 radical (unpaired) electrons. The molecule has 0 aliphatic heterocycles. The number of carbonyl (C=O) groups excluding carboxylic acids is 1. The molecule has 0 atom stereocenters. The van der Waals surface area contributed by atoms with Crippen LogP contribution in [0, 0.1) is 5.92 Å². The van der Waals surface area contributed by atoms with Gasteiger partial charge in [0, 0.05) is 6.54 Å². The van der Waals surface area contributed by atoms with Gasteiger partial charge in [0.25, 0.3) is 0 Å². The molecule has 16 heavy (non-hydrogen) atoms. The Kier molecular flexibility index (Phi) is 3.81. The molecule has 3 nitrogen and oxygen atoms in total. The van der Waals surface area contributed by atoms with Gasteiger partial charge in [0.15, 0.2) is 0 Å². The average Bonchev–Trinajstić information content (AvgIpc) is 2.23. The molecule has 1 aromatic rings. The van der Waals surface area contributed by atoms with Gasteiger partial charge >= 0.3 is 6.09 Å². The minimum absolute atomic E-state index is 0.356. The summed E-state index contributed by atoms with van der Waals surface area (Å²) in [4.78, 5) is 11.4. The molecular weight excluding hydrogens is 202 g/mol. The lowest BCUT2D eigenvalue weighted by Crippen LogP contribution is -2.29. The molecule has 0 bridgehead atoms. The molecule has 1 saturated carbocycles. The Balaban J connectivity index is 1.64. The number of hydrogen-bond donors (Lipinski definition) is 1. The Morgan fingerprint density at radius 3 is 2.69 bits per heavy atom. The number of nitrogens with one attached hydrogen (secondary N) is 1. The van der Waals surface area contributed by atoms with Gasteiger partial charge in [-0.1, -0.05) is 37.5 Å². The highest BCUT2D eigenvalue weighted by Crippen LogP contribution is 2.28. The van der Waals surface area contributed by atoms with Crippen molar-refractivity contribution in [2.75, 3.05) is 6.54 Å². The highest BCUT2D eigenvalue weighted by Gasteiger charge is 2.16. The molecule has 1 amide bonds. The van der Waals surface area contributed by atoms with Crippen LogP contribution in [0.25, 0.3) is 0 Å². The lowest BCUT2D eigenvalue weighted by molar-refractivity contribution is 0.197. The summed E-state index contributed by atoms with van der Waals surface area (Å²) in [6, 6.07) is 9.12. The van der Waals surface area contributed by atoms with E-state index < -0.39 is 0 Å².